The molecule has 0 aliphatic carbocycles. The second kappa shape index (κ2) is 10.1. The van der Waals surface area contributed by atoms with Crippen molar-refractivity contribution in [3.8, 4) is 5.75 Å². The highest BCUT2D eigenvalue weighted by molar-refractivity contribution is 6.63. The Morgan fingerprint density at radius 1 is 1.11 bits per heavy atom. The van der Waals surface area contributed by atoms with Crippen molar-refractivity contribution in [1.82, 2.24) is 4.90 Å². The fraction of sp³-hybridized carbons (Fsp3) is 0.350. The molecule has 2 aromatic carbocycles. The SMILES string of the molecule is O=C(Cl)CCN1CCOC(c2ccc(OCc3c(Cl)ccc(Cl)c3Cl)cc2)C1. The molecular formula is C20H19Cl4NO3. The summed E-state index contributed by atoms with van der Waals surface area (Å²) < 4.78 is 11.7. The van der Waals surface area contributed by atoms with Crippen molar-refractivity contribution in [2.24, 2.45) is 0 Å². The molecule has 1 heterocycles. The van der Waals surface area contributed by atoms with Crippen LogP contribution in [-0.2, 0) is 16.1 Å². The van der Waals surface area contributed by atoms with Crippen LogP contribution in [0.1, 0.15) is 23.7 Å². The van der Waals surface area contributed by atoms with E-state index in [2.05, 4.69) is 4.90 Å². The molecule has 1 fully saturated rings. The number of rotatable bonds is 7. The van der Waals surface area contributed by atoms with Crippen molar-refractivity contribution in [3.63, 3.8) is 0 Å². The Labute approximate surface area is 184 Å². The van der Waals surface area contributed by atoms with E-state index in [-0.39, 0.29) is 18.0 Å². The van der Waals surface area contributed by atoms with Crippen LogP contribution in [0.2, 0.25) is 15.1 Å². The predicted molar refractivity (Wildman–Crippen MR) is 113 cm³/mol. The fourth-order valence-electron chi connectivity index (χ4n) is 2.99. The van der Waals surface area contributed by atoms with Crippen LogP contribution >= 0.6 is 46.4 Å². The molecule has 28 heavy (non-hydrogen) atoms. The zero-order valence-electron chi connectivity index (χ0n) is 15.0. The molecule has 0 spiro atoms. The van der Waals surface area contributed by atoms with Gasteiger partial charge in [-0.3, -0.25) is 9.69 Å². The summed E-state index contributed by atoms with van der Waals surface area (Å²) in [6.07, 6.45) is 0.292. The minimum absolute atomic E-state index is 0.0509. The third kappa shape index (κ3) is 5.76. The molecule has 0 radical (unpaired) electrons. The second-order valence-corrected chi connectivity index (χ2v) is 8.06. The Morgan fingerprint density at radius 2 is 1.82 bits per heavy atom. The molecule has 1 aliphatic heterocycles. The van der Waals surface area contributed by atoms with Gasteiger partial charge in [-0.05, 0) is 41.4 Å². The van der Waals surface area contributed by atoms with Crippen molar-refractivity contribution in [1.29, 1.82) is 0 Å². The zero-order chi connectivity index (χ0) is 20.1. The summed E-state index contributed by atoms with van der Waals surface area (Å²) in [6, 6.07) is 11.1. The largest absolute Gasteiger partial charge is 0.489 e. The topological polar surface area (TPSA) is 38.8 Å². The highest BCUT2D eigenvalue weighted by Crippen LogP contribution is 2.32. The number of hydrogen-bond acceptors (Lipinski definition) is 4. The fourth-order valence-corrected chi connectivity index (χ4v) is 3.73. The van der Waals surface area contributed by atoms with E-state index in [9.17, 15) is 4.79 Å². The number of ether oxygens (including phenoxy) is 2. The molecule has 150 valence electrons. The monoisotopic (exact) mass is 461 g/mol. The molecule has 8 heteroatoms. The molecular weight excluding hydrogens is 444 g/mol. The summed E-state index contributed by atoms with van der Waals surface area (Å²) in [4.78, 5) is 13.2. The summed E-state index contributed by atoms with van der Waals surface area (Å²) >= 11 is 23.9. The normalized spacial score (nSPS) is 17.5. The van der Waals surface area contributed by atoms with Gasteiger partial charge in [0.2, 0.25) is 5.24 Å². The van der Waals surface area contributed by atoms with Crippen LogP contribution in [0, 0.1) is 0 Å². The first-order valence-electron chi connectivity index (χ1n) is 8.81. The Morgan fingerprint density at radius 3 is 2.54 bits per heavy atom. The molecule has 2 aromatic rings. The van der Waals surface area contributed by atoms with Crippen LogP contribution in [0.4, 0.5) is 0 Å². The van der Waals surface area contributed by atoms with Crippen LogP contribution in [0.5, 0.6) is 5.75 Å². The van der Waals surface area contributed by atoms with Gasteiger partial charge in [0.25, 0.3) is 0 Å². The predicted octanol–water partition coefficient (Wildman–Crippen LogP) is 5.75. The molecule has 0 N–H and O–H groups in total. The van der Waals surface area contributed by atoms with Gasteiger partial charge in [0.1, 0.15) is 12.4 Å². The van der Waals surface area contributed by atoms with Crippen LogP contribution in [0.15, 0.2) is 36.4 Å². The Hall–Kier alpha value is -1.01. The van der Waals surface area contributed by atoms with Gasteiger partial charge in [-0.1, -0.05) is 46.9 Å². The van der Waals surface area contributed by atoms with E-state index < -0.39 is 0 Å². The summed E-state index contributed by atoms with van der Waals surface area (Å²) in [7, 11) is 0. The van der Waals surface area contributed by atoms with E-state index in [4.69, 9.17) is 55.9 Å². The van der Waals surface area contributed by atoms with Gasteiger partial charge in [-0.2, -0.15) is 0 Å². The summed E-state index contributed by atoms with van der Waals surface area (Å²) in [5, 5.41) is 1.04. The van der Waals surface area contributed by atoms with Gasteiger partial charge in [0, 0.05) is 36.6 Å². The molecule has 0 aromatic heterocycles. The zero-order valence-corrected chi connectivity index (χ0v) is 18.0. The quantitative estimate of drug-likeness (QED) is 0.387. The van der Waals surface area contributed by atoms with Gasteiger partial charge in [0.05, 0.1) is 22.8 Å². The molecule has 3 rings (SSSR count). The van der Waals surface area contributed by atoms with Gasteiger partial charge in [0.15, 0.2) is 0 Å². The minimum Gasteiger partial charge on any atom is -0.489 e. The number of nitrogens with zero attached hydrogens (tertiary/aromatic N) is 1. The van der Waals surface area contributed by atoms with Crippen molar-refractivity contribution in [3.05, 3.63) is 62.6 Å². The van der Waals surface area contributed by atoms with E-state index in [1.54, 1.807) is 12.1 Å². The molecule has 1 atom stereocenters. The smallest absolute Gasteiger partial charge is 0.222 e. The molecule has 1 unspecified atom stereocenters. The number of carbonyl (C=O) groups is 1. The summed E-state index contributed by atoms with van der Waals surface area (Å²) in [5.41, 5.74) is 1.70. The van der Waals surface area contributed by atoms with Gasteiger partial charge in [-0.25, -0.2) is 0 Å². The Kier molecular flexibility index (Phi) is 7.86. The molecule has 0 saturated carbocycles. The van der Waals surface area contributed by atoms with Crippen LogP contribution in [0.3, 0.4) is 0 Å². The van der Waals surface area contributed by atoms with E-state index in [1.165, 1.54) is 0 Å². The van der Waals surface area contributed by atoms with Gasteiger partial charge >= 0.3 is 0 Å². The number of carbonyl (C=O) groups excluding carboxylic acids is 1. The lowest BCUT2D eigenvalue weighted by molar-refractivity contribution is -0.112. The van der Waals surface area contributed by atoms with Gasteiger partial charge < -0.3 is 9.47 Å². The first kappa shape index (κ1) is 21.7. The second-order valence-electron chi connectivity index (χ2n) is 6.44. The summed E-state index contributed by atoms with van der Waals surface area (Å²) in [6.45, 7) is 2.99. The first-order chi connectivity index (χ1) is 13.4. The first-order valence-corrected chi connectivity index (χ1v) is 10.3. The average Bonchev–Trinajstić information content (AvgIpc) is 2.70. The maximum atomic E-state index is 11.0. The van der Waals surface area contributed by atoms with E-state index in [1.807, 2.05) is 24.3 Å². The molecule has 0 amide bonds. The standard InChI is InChI=1S/C20H19Cl4NO3/c21-16-5-6-17(22)20(24)15(16)12-28-14-3-1-13(2-4-14)18-11-25(9-10-27-18)8-7-19(23)26/h1-6,18H,7-12H2. The summed E-state index contributed by atoms with van der Waals surface area (Å²) in [5.74, 6) is 0.691. The van der Waals surface area contributed by atoms with Crippen molar-refractivity contribution in [2.45, 2.75) is 19.1 Å². The number of morpholine rings is 1. The van der Waals surface area contributed by atoms with Crippen LogP contribution < -0.4 is 4.74 Å². The Balaban J connectivity index is 1.59. The number of halogens is 4. The lowest BCUT2D eigenvalue weighted by Crippen LogP contribution is -2.39. The van der Waals surface area contributed by atoms with Crippen molar-refractivity contribution >= 4 is 51.6 Å². The molecule has 1 saturated heterocycles. The van der Waals surface area contributed by atoms with Crippen LogP contribution in [0.25, 0.3) is 0 Å². The lowest BCUT2D eigenvalue weighted by Gasteiger charge is -2.32. The third-order valence-electron chi connectivity index (χ3n) is 4.55. The van der Waals surface area contributed by atoms with Crippen molar-refractivity contribution < 1.29 is 14.3 Å². The molecule has 4 nitrogen and oxygen atoms in total. The van der Waals surface area contributed by atoms with Crippen molar-refractivity contribution in [2.75, 3.05) is 26.2 Å². The van der Waals surface area contributed by atoms with Gasteiger partial charge in [-0.15, -0.1) is 0 Å². The maximum absolute atomic E-state index is 11.0. The van der Waals surface area contributed by atoms with E-state index >= 15 is 0 Å². The van der Waals surface area contributed by atoms with Crippen LogP contribution in [-0.4, -0.2) is 36.4 Å². The van der Waals surface area contributed by atoms with E-state index in [0.717, 1.165) is 18.7 Å². The minimum atomic E-state index is -0.315. The highest BCUT2D eigenvalue weighted by atomic mass is 35.5. The Bertz CT molecular complexity index is 829. The number of benzene rings is 2. The van der Waals surface area contributed by atoms with E-state index in [0.29, 0.717) is 46.0 Å². The molecule has 0 bridgehead atoms. The average molecular weight is 463 g/mol. The lowest BCUT2D eigenvalue weighted by atomic mass is 10.1. The maximum Gasteiger partial charge on any atom is 0.222 e. The highest BCUT2D eigenvalue weighted by Gasteiger charge is 2.22. The molecule has 1 aliphatic rings. The number of hydrogen-bond donors (Lipinski definition) is 0. The third-order valence-corrected chi connectivity index (χ3v) is 5.94.